The van der Waals surface area contributed by atoms with Gasteiger partial charge in [0.1, 0.15) is 0 Å². The molecule has 34 heavy (non-hydrogen) atoms. The van der Waals surface area contributed by atoms with E-state index >= 15 is 0 Å². The number of carbonyl (C=O) groups excluding carboxylic acids is 1. The number of aliphatic hydroxyl groups is 1. The van der Waals surface area contributed by atoms with Gasteiger partial charge < -0.3 is 15.0 Å². The fourth-order valence-electron chi connectivity index (χ4n) is 10.6. The molecular formula is C30H47KO3. The fourth-order valence-corrected chi connectivity index (χ4v) is 10.6. The van der Waals surface area contributed by atoms with Crippen LogP contribution in [-0.4, -0.2) is 17.2 Å². The smallest absolute Gasteiger partial charge is 0.550 e. The molecule has 0 aromatic heterocycles. The van der Waals surface area contributed by atoms with Crippen molar-refractivity contribution in [3.63, 3.8) is 0 Å². The molecule has 4 saturated carbocycles. The molecule has 5 aliphatic carbocycles. The third kappa shape index (κ3) is 3.47. The van der Waals surface area contributed by atoms with Gasteiger partial charge in [0, 0.05) is 11.4 Å². The number of hydrogen-bond donors (Lipinski definition) is 1. The monoisotopic (exact) mass is 494 g/mol. The Bertz CT molecular complexity index is 891. The summed E-state index contributed by atoms with van der Waals surface area (Å²) in [7, 11) is 0. The maximum Gasteiger partial charge on any atom is 1.00 e. The van der Waals surface area contributed by atoms with E-state index in [1.165, 1.54) is 18.4 Å². The normalized spacial score (nSPS) is 50.9. The summed E-state index contributed by atoms with van der Waals surface area (Å²) in [6, 6.07) is 0. The zero-order valence-electron chi connectivity index (χ0n) is 23.2. The van der Waals surface area contributed by atoms with Crippen LogP contribution in [0, 0.1) is 50.2 Å². The van der Waals surface area contributed by atoms with Crippen molar-refractivity contribution in [1.82, 2.24) is 0 Å². The van der Waals surface area contributed by atoms with E-state index in [9.17, 15) is 15.0 Å². The molecule has 0 radical (unpaired) electrons. The summed E-state index contributed by atoms with van der Waals surface area (Å²) in [5.41, 5.74) is 1.43. The number of aliphatic carboxylic acids is 1. The minimum atomic E-state index is -0.795. The molecule has 4 heteroatoms. The van der Waals surface area contributed by atoms with Gasteiger partial charge in [-0.25, -0.2) is 0 Å². The van der Waals surface area contributed by atoms with Gasteiger partial charge >= 0.3 is 51.4 Å². The van der Waals surface area contributed by atoms with Gasteiger partial charge in [0.05, 0.1) is 6.10 Å². The fraction of sp³-hybridized carbons (Fsp3) is 0.900. The Morgan fingerprint density at radius 3 is 2.21 bits per heavy atom. The molecule has 5 rings (SSSR count). The maximum atomic E-state index is 12.6. The van der Waals surface area contributed by atoms with Crippen LogP contribution >= 0.6 is 0 Å². The van der Waals surface area contributed by atoms with Crippen LogP contribution in [0.4, 0.5) is 0 Å². The molecule has 8 atom stereocenters. The van der Waals surface area contributed by atoms with Crippen molar-refractivity contribution in [3.05, 3.63) is 11.6 Å². The van der Waals surface area contributed by atoms with E-state index in [0.717, 1.165) is 51.4 Å². The number of fused-ring (bicyclic) bond motifs is 7. The number of rotatable bonds is 1. The first-order valence-electron chi connectivity index (χ1n) is 13.7. The van der Waals surface area contributed by atoms with Crippen LogP contribution in [0.25, 0.3) is 0 Å². The van der Waals surface area contributed by atoms with E-state index < -0.39 is 11.4 Å². The molecule has 0 unspecified atom stereocenters. The first kappa shape index (κ1) is 27.8. The van der Waals surface area contributed by atoms with E-state index in [4.69, 9.17) is 0 Å². The zero-order valence-corrected chi connectivity index (χ0v) is 26.3. The summed E-state index contributed by atoms with van der Waals surface area (Å²) < 4.78 is 0. The third-order valence-electron chi connectivity index (χ3n) is 13.0. The number of carbonyl (C=O) groups is 1. The van der Waals surface area contributed by atoms with Crippen LogP contribution in [0.2, 0.25) is 0 Å². The van der Waals surface area contributed by atoms with Gasteiger partial charge in [0.15, 0.2) is 0 Å². The summed E-state index contributed by atoms with van der Waals surface area (Å²) in [6.45, 7) is 16.8. The topological polar surface area (TPSA) is 60.4 Å². The number of carboxylic acid groups (broad SMARTS) is 1. The summed E-state index contributed by atoms with van der Waals surface area (Å²) >= 11 is 0. The predicted molar refractivity (Wildman–Crippen MR) is 130 cm³/mol. The Morgan fingerprint density at radius 1 is 0.912 bits per heavy atom. The second-order valence-corrected chi connectivity index (χ2v) is 15.0. The molecule has 0 aromatic carbocycles. The van der Waals surface area contributed by atoms with Gasteiger partial charge in [-0.1, -0.05) is 60.1 Å². The second-order valence-electron chi connectivity index (χ2n) is 15.0. The van der Waals surface area contributed by atoms with Crippen molar-refractivity contribution in [1.29, 1.82) is 0 Å². The Balaban J connectivity index is 0.00000274. The van der Waals surface area contributed by atoms with Crippen LogP contribution in [-0.2, 0) is 4.79 Å². The molecule has 3 nitrogen and oxygen atoms in total. The van der Waals surface area contributed by atoms with Crippen LogP contribution in [0.15, 0.2) is 11.6 Å². The Kier molecular flexibility index (Phi) is 6.88. The molecule has 0 aromatic rings. The molecule has 0 heterocycles. The molecule has 5 aliphatic rings. The maximum absolute atomic E-state index is 12.6. The Morgan fingerprint density at radius 2 is 1.56 bits per heavy atom. The molecule has 0 aliphatic heterocycles. The van der Waals surface area contributed by atoms with E-state index in [1.807, 2.05) is 0 Å². The van der Waals surface area contributed by atoms with Gasteiger partial charge in [0.25, 0.3) is 0 Å². The van der Waals surface area contributed by atoms with Crippen molar-refractivity contribution >= 4 is 5.97 Å². The zero-order chi connectivity index (χ0) is 24.2. The van der Waals surface area contributed by atoms with Crippen molar-refractivity contribution in [2.45, 2.75) is 119 Å². The van der Waals surface area contributed by atoms with Crippen LogP contribution in [0.1, 0.15) is 113 Å². The molecule has 4 fully saturated rings. The standard InChI is InChI=1S/C30H48O3.K/c1-25(2)14-16-30(24(32)33)17-15-28(6)19(20(30)18-25)8-9-22-27(5)12-11-23(31)26(3,4)21(27)10-13-29(22,28)7;/h8,20-23,31H,9-18H2,1-7H3,(H,32,33);/q;+1/p-1/t20-,21-,22+,23-,27-,28+,29+,30-;/m0./s1. The van der Waals surface area contributed by atoms with Crippen LogP contribution in [0.3, 0.4) is 0 Å². The van der Waals surface area contributed by atoms with Gasteiger partial charge in [0.2, 0.25) is 0 Å². The molecule has 1 N–H and O–H groups in total. The summed E-state index contributed by atoms with van der Waals surface area (Å²) in [5, 5.41) is 23.5. The SMILES string of the molecule is CC1(C)CC[C@]2(C(=O)[O-])CC[C@]3(C)C(=CC[C@@H]4[C@@]5(C)CC[C@H](O)C(C)(C)[C@@H]5CC[C@]43C)[C@@H]2C1.[K+]. The van der Waals surface area contributed by atoms with Crippen molar-refractivity contribution in [3.8, 4) is 0 Å². The molecule has 186 valence electrons. The molecular weight excluding hydrogens is 447 g/mol. The molecule has 0 amide bonds. The van der Waals surface area contributed by atoms with Gasteiger partial charge in [-0.2, -0.15) is 0 Å². The predicted octanol–water partition coefficient (Wildman–Crippen LogP) is 2.90. The summed E-state index contributed by atoms with van der Waals surface area (Å²) in [5.74, 6) is 0.469. The van der Waals surface area contributed by atoms with Crippen molar-refractivity contribution in [2.24, 2.45) is 50.2 Å². The van der Waals surface area contributed by atoms with E-state index in [2.05, 4.69) is 54.5 Å². The Labute approximate surface area is 250 Å². The van der Waals surface area contributed by atoms with Crippen molar-refractivity contribution < 1.29 is 66.4 Å². The summed E-state index contributed by atoms with van der Waals surface area (Å²) in [6.07, 6.45) is 12.3. The largest absolute Gasteiger partial charge is 1.00 e. The average Bonchev–Trinajstić information content (AvgIpc) is 2.71. The summed E-state index contributed by atoms with van der Waals surface area (Å²) in [4.78, 5) is 12.6. The minimum Gasteiger partial charge on any atom is -0.550 e. The van der Waals surface area contributed by atoms with Crippen LogP contribution < -0.4 is 56.5 Å². The molecule has 0 spiro atoms. The van der Waals surface area contributed by atoms with E-state index in [0.29, 0.717) is 11.8 Å². The number of aliphatic hydroxyl groups excluding tert-OH is 1. The second kappa shape index (κ2) is 8.40. The quantitative estimate of drug-likeness (QED) is 0.450. The van der Waals surface area contributed by atoms with Gasteiger partial charge in [-0.15, -0.1) is 0 Å². The number of carboxylic acids is 1. The Hall–Kier alpha value is 0.806. The number of hydrogen-bond acceptors (Lipinski definition) is 3. The van der Waals surface area contributed by atoms with Gasteiger partial charge in [-0.05, 0) is 109 Å². The van der Waals surface area contributed by atoms with E-state index in [1.54, 1.807) is 0 Å². The third-order valence-corrected chi connectivity index (χ3v) is 13.0. The first-order valence-corrected chi connectivity index (χ1v) is 13.7. The van der Waals surface area contributed by atoms with Crippen molar-refractivity contribution in [2.75, 3.05) is 0 Å². The minimum absolute atomic E-state index is 0. The van der Waals surface area contributed by atoms with Gasteiger partial charge in [-0.3, -0.25) is 0 Å². The first-order chi connectivity index (χ1) is 15.1. The molecule has 0 saturated heterocycles. The van der Waals surface area contributed by atoms with E-state index in [-0.39, 0.29) is 90.5 Å². The molecule has 0 bridgehead atoms. The average molecular weight is 495 g/mol. The van der Waals surface area contributed by atoms with Crippen LogP contribution in [0.5, 0.6) is 0 Å². The number of allylic oxidation sites excluding steroid dienone is 2.